The van der Waals surface area contributed by atoms with Gasteiger partial charge in [0.1, 0.15) is 15.7 Å². The summed E-state index contributed by atoms with van der Waals surface area (Å²) >= 11 is 2.12. The van der Waals surface area contributed by atoms with Crippen molar-refractivity contribution in [2.45, 2.75) is 40.3 Å². The highest BCUT2D eigenvalue weighted by atomic mass is 32.2. The second kappa shape index (κ2) is 5.38. The summed E-state index contributed by atoms with van der Waals surface area (Å²) in [6.45, 7) is 9.44. The Labute approximate surface area is 90.5 Å². The molecular weight excluding hydrogens is 174 g/mol. The maximum atomic E-state index is 2.36. The van der Waals surface area contributed by atoms with E-state index in [1.54, 1.807) is 0 Å². The average Bonchev–Trinajstić information content (AvgIpc) is 2.04. The van der Waals surface area contributed by atoms with Crippen LogP contribution in [-0.4, -0.2) is 27.2 Å². The van der Waals surface area contributed by atoms with Gasteiger partial charge in [0.05, 0.1) is 0 Å². The fourth-order valence-corrected chi connectivity index (χ4v) is 2.42. The van der Waals surface area contributed by atoms with E-state index in [0.29, 0.717) is 10.8 Å². The normalized spacial score (nSPS) is 13.2. The molecule has 0 atom stereocenters. The van der Waals surface area contributed by atoms with Crippen LogP contribution in [0.2, 0.25) is 12.6 Å². The summed E-state index contributed by atoms with van der Waals surface area (Å²) in [7, 11) is 4.57. The molecule has 0 radical (unpaired) electrons. The van der Waals surface area contributed by atoms with Crippen molar-refractivity contribution in [1.82, 2.24) is 0 Å². The summed E-state index contributed by atoms with van der Waals surface area (Å²) in [5.74, 6) is 2.60. The smallest absolute Gasteiger partial charge is 0.102 e. The lowest BCUT2D eigenvalue weighted by molar-refractivity contribution is 0.466. The molecule has 0 aliphatic carbocycles. The standard InChI is InChI=1S/C10H24B2S/c1-9(2,5-11)7-13-8-10(3,4)6-12/h5-8,11-12H2,1-4H3. The third kappa shape index (κ3) is 6.54. The van der Waals surface area contributed by atoms with Gasteiger partial charge in [-0.3, -0.25) is 0 Å². The highest BCUT2D eigenvalue weighted by molar-refractivity contribution is 7.99. The second-order valence-corrected chi connectivity index (χ2v) is 6.51. The van der Waals surface area contributed by atoms with Gasteiger partial charge in [-0.15, -0.1) is 0 Å². The van der Waals surface area contributed by atoms with Crippen LogP contribution >= 0.6 is 11.8 Å². The molecule has 0 rings (SSSR count). The van der Waals surface area contributed by atoms with Gasteiger partial charge in [0.15, 0.2) is 0 Å². The Morgan fingerprint density at radius 1 is 0.846 bits per heavy atom. The zero-order valence-corrected chi connectivity index (χ0v) is 11.1. The molecule has 0 bridgehead atoms. The minimum absolute atomic E-state index is 0.522. The molecule has 0 heterocycles. The Balaban J connectivity index is 3.68. The Morgan fingerprint density at radius 2 is 1.15 bits per heavy atom. The van der Waals surface area contributed by atoms with Crippen LogP contribution in [0.4, 0.5) is 0 Å². The van der Waals surface area contributed by atoms with Crippen molar-refractivity contribution in [1.29, 1.82) is 0 Å². The van der Waals surface area contributed by atoms with Gasteiger partial charge in [0.25, 0.3) is 0 Å². The van der Waals surface area contributed by atoms with Crippen molar-refractivity contribution in [3.63, 3.8) is 0 Å². The van der Waals surface area contributed by atoms with Crippen molar-refractivity contribution in [2.75, 3.05) is 11.5 Å². The third-order valence-electron chi connectivity index (χ3n) is 2.90. The van der Waals surface area contributed by atoms with Gasteiger partial charge in [-0.05, 0) is 22.3 Å². The Bertz CT molecular complexity index is 128. The van der Waals surface area contributed by atoms with E-state index < -0.39 is 0 Å². The molecule has 0 aromatic heterocycles. The molecule has 13 heavy (non-hydrogen) atoms. The molecule has 0 aromatic carbocycles. The quantitative estimate of drug-likeness (QED) is 0.587. The molecule has 0 saturated heterocycles. The lowest BCUT2D eigenvalue weighted by Gasteiger charge is -2.26. The molecule has 0 unspecified atom stereocenters. The maximum Gasteiger partial charge on any atom is 0.102 e. The van der Waals surface area contributed by atoms with Gasteiger partial charge in [0, 0.05) is 0 Å². The number of hydrogen-bond acceptors (Lipinski definition) is 1. The SMILES string of the molecule is BCC(C)(C)CSCC(C)(C)CB. The van der Waals surface area contributed by atoms with Crippen molar-refractivity contribution < 1.29 is 0 Å². The van der Waals surface area contributed by atoms with Crippen LogP contribution < -0.4 is 0 Å². The summed E-state index contributed by atoms with van der Waals surface area (Å²) in [4.78, 5) is 0. The molecule has 76 valence electrons. The van der Waals surface area contributed by atoms with Crippen molar-refractivity contribution >= 4 is 27.5 Å². The van der Waals surface area contributed by atoms with Crippen LogP contribution in [0.1, 0.15) is 27.7 Å². The van der Waals surface area contributed by atoms with Crippen LogP contribution in [-0.2, 0) is 0 Å². The van der Waals surface area contributed by atoms with E-state index in [-0.39, 0.29) is 0 Å². The fraction of sp³-hybridized carbons (Fsp3) is 1.00. The average molecular weight is 198 g/mol. The molecule has 0 spiro atoms. The molecule has 3 heteroatoms. The third-order valence-corrected chi connectivity index (χ3v) is 4.87. The van der Waals surface area contributed by atoms with E-state index in [4.69, 9.17) is 0 Å². The first-order chi connectivity index (χ1) is 5.83. The number of hydrogen-bond donors (Lipinski definition) is 0. The summed E-state index contributed by atoms with van der Waals surface area (Å²) in [5.41, 5.74) is 1.04. The summed E-state index contributed by atoms with van der Waals surface area (Å²) in [6.07, 6.45) is 2.57. The van der Waals surface area contributed by atoms with Crippen molar-refractivity contribution in [2.24, 2.45) is 10.8 Å². The Morgan fingerprint density at radius 3 is 1.38 bits per heavy atom. The van der Waals surface area contributed by atoms with Gasteiger partial charge in [0.2, 0.25) is 0 Å². The molecule has 0 aromatic rings. The largest absolute Gasteiger partial charge is 0.161 e. The first kappa shape index (κ1) is 13.5. The summed E-state index contributed by atoms with van der Waals surface area (Å²) < 4.78 is 0. The van der Waals surface area contributed by atoms with E-state index in [9.17, 15) is 0 Å². The maximum absolute atomic E-state index is 2.36. The van der Waals surface area contributed by atoms with Gasteiger partial charge < -0.3 is 0 Å². The first-order valence-electron chi connectivity index (χ1n) is 5.41. The molecule has 0 saturated carbocycles. The van der Waals surface area contributed by atoms with Crippen LogP contribution in [0, 0.1) is 10.8 Å². The van der Waals surface area contributed by atoms with Gasteiger partial charge >= 0.3 is 0 Å². The van der Waals surface area contributed by atoms with E-state index in [1.165, 1.54) is 24.1 Å². The molecule has 0 N–H and O–H groups in total. The van der Waals surface area contributed by atoms with Crippen LogP contribution in [0.15, 0.2) is 0 Å². The van der Waals surface area contributed by atoms with Crippen molar-refractivity contribution in [3.05, 3.63) is 0 Å². The van der Waals surface area contributed by atoms with E-state index in [1.807, 2.05) is 0 Å². The van der Waals surface area contributed by atoms with Gasteiger partial charge in [-0.2, -0.15) is 11.8 Å². The van der Waals surface area contributed by atoms with E-state index in [0.717, 1.165) is 0 Å². The van der Waals surface area contributed by atoms with E-state index in [2.05, 4.69) is 55.1 Å². The lowest BCUT2D eigenvalue weighted by atomic mass is 9.81. The lowest BCUT2D eigenvalue weighted by Crippen LogP contribution is -2.18. The predicted molar refractivity (Wildman–Crippen MR) is 71.6 cm³/mol. The molecule has 0 nitrogen and oxygen atoms in total. The second-order valence-electron chi connectivity index (χ2n) is 5.53. The minimum atomic E-state index is 0.522. The summed E-state index contributed by atoms with van der Waals surface area (Å²) in [6, 6.07) is 0. The zero-order valence-electron chi connectivity index (χ0n) is 10.2. The molecule has 0 amide bonds. The minimum Gasteiger partial charge on any atom is -0.161 e. The highest BCUT2D eigenvalue weighted by Gasteiger charge is 2.19. The van der Waals surface area contributed by atoms with Crippen LogP contribution in [0.25, 0.3) is 0 Å². The van der Waals surface area contributed by atoms with Crippen molar-refractivity contribution in [3.8, 4) is 0 Å². The predicted octanol–water partition coefficient (Wildman–Crippen LogP) is 1.87. The van der Waals surface area contributed by atoms with Crippen LogP contribution in [0.3, 0.4) is 0 Å². The molecule has 0 aliphatic rings. The first-order valence-corrected chi connectivity index (χ1v) is 6.56. The zero-order chi connectivity index (χ0) is 10.5. The Kier molecular flexibility index (Phi) is 5.58. The van der Waals surface area contributed by atoms with Crippen LogP contribution in [0.5, 0.6) is 0 Å². The van der Waals surface area contributed by atoms with Gasteiger partial charge in [-0.1, -0.05) is 40.3 Å². The molecule has 0 aliphatic heterocycles. The monoisotopic (exact) mass is 198 g/mol. The number of rotatable bonds is 6. The van der Waals surface area contributed by atoms with E-state index >= 15 is 0 Å². The summed E-state index contributed by atoms with van der Waals surface area (Å²) in [5, 5.41) is 0. The molecule has 0 fully saturated rings. The van der Waals surface area contributed by atoms with Gasteiger partial charge in [-0.25, -0.2) is 0 Å². The topological polar surface area (TPSA) is 0 Å². The Hall–Kier alpha value is 0.480. The highest BCUT2D eigenvalue weighted by Crippen LogP contribution is 2.30. The molecular formula is C10H24B2S. The fourth-order valence-electron chi connectivity index (χ4n) is 0.808. The number of thioether (sulfide) groups is 1.